The lowest BCUT2D eigenvalue weighted by Crippen LogP contribution is -2.27. The minimum absolute atomic E-state index is 0.121. The molecule has 0 aliphatic rings. The zero-order valence-electron chi connectivity index (χ0n) is 9.82. The van der Waals surface area contributed by atoms with Crippen LogP contribution in [0.3, 0.4) is 0 Å². The predicted molar refractivity (Wildman–Crippen MR) is 67.6 cm³/mol. The van der Waals surface area contributed by atoms with E-state index in [2.05, 4.69) is 15.3 Å². The van der Waals surface area contributed by atoms with Crippen LogP contribution in [0.5, 0.6) is 0 Å². The lowest BCUT2D eigenvalue weighted by atomic mass is 9.95. The Labute approximate surface area is 99.9 Å². The Morgan fingerprint density at radius 2 is 2.19 bits per heavy atom. The molecule has 0 fully saturated rings. The molecule has 4 N–H and O–H groups in total. The molecule has 0 saturated heterocycles. The minimum Gasteiger partial charge on any atom is -0.396 e. The highest BCUT2D eigenvalue weighted by molar-refractivity contribution is 7.98. The maximum Gasteiger partial charge on any atom is 0.191 e. The van der Waals surface area contributed by atoms with E-state index in [1.54, 1.807) is 6.07 Å². The second-order valence-electron chi connectivity index (χ2n) is 4.34. The van der Waals surface area contributed by atoms with E-state index in [9.17, 15) is 0 Å². The standard InChI is InChI=1S/C10H18N4OS/c1-10(2,6-15)5-12-8-4-7(11)13-9(14-8)16-3/h4,15H,5-6H2,1-3H3,(H3,11,12,13,14). The molecule has 1 aromatic rings. The van der Waals surface area contributed by atoms with Gasteiger partial charge in [0.25, 0.3) is 0 Å². The third kappa shape index (κ3) is 3.86. The average Bonchev–Trinajstić information content (AvgIpc) is 2.26. The Balaban J connectivity index is 2.70. The van der Waals surface area contributed by atoms with Crippen LogP contribution in [0.2, 0.25) is 0 Å². The summed E-state index contributed by atoms with van der Waals surface area (Å²) in [6.07, 6.45) is 1.90. The second kappa shape index (κ2) is 5.36. The Morgan fingerprint density at radius 3 is 2.75 bits per heavy atom. The molecule has 0 amide bonds. The van der Waals surface area contributed by atoms with E-state index in [1.807, 2.05) is 20.1 Å². The topological polar surface area (TPSA) is 84.1 Å². The molecular weight excluding hydrogens is 224 g/mol. The number of hydrogen-bond acceptors (Lipinski definition) is 6. The zero-order chi connectivity index (χ0) is 12.2. The van der Waals surface area contributed by atoms with E-state index in [4.69, 9.17) is 10.8 Å². The minimum atomic E-state index is -0.181. The highest BCUT2D eigenvalue weighted by Crippen LogP contribution is 2.18. The van der Waals surface area contributed by atoms with Crippen LogP contribution in [0, 0.1) is 5.41 Å². The van der Waals surface area contributed by atoms with Gasteiger partial charge in [0.05, 0.1) is 0 Å². The van der Waals surface area contributed by atoms with Gasteiger partial charge in [0.15, 0.2) is 5.16 Å². The van der Waals surface area contributed by atoms with E-state index in [-0.39, 0.29) is 12.0 Å². The summed E-state index contributed by atoms with van der Waals surface area (Å²) in [7, 11) is 0. The van der Waals surface area contributed by atoms with E-state index < -0.39 is 0 Å². The van der Waals surface area contributed by atoms with Crippen molar-refractivity contribution in [1.82, 2.24) is 9.97 Å². The number of nitrogens with zero attached hydrogens (tertiary/aromatic N) is 2. The Bertz CT molecular complexity index is 357. The second-order valence-corrected chi connectivity index (χ2v) is 5.11. The van der Waals surface area contributed by atoms with Crippen molar-refractivity contribution in [3.8, 4) is 0 Å². The molecule has 0 saturated carbocycles. The number of hydrogen-bond donors (Lipinski definition) is 3. The van der Waals surface area contributed by atoms with Crippen molar-refractivity contribution in [3.05, 3.63) is 6.07 Å². The first-order chi connectivity index (χ1) is 7.46. The van der Waals surface area contributed by atoms with Crippen LogP contribution in [0.4, 0.5) is 11.6 Å². The molecule has 16 heavy (non-hydrogen) atoms. The molecule has 6 heteroatoms. The summed E-state index contributed by atoms with van der Waals surface area (Å²) in [6, 6.07) is 1.69. The van der Waals surface area contributed by atoms with Crippen molar-refractivity contribution in [2.45, 2.75) is 19.0 Å². The zero-order valence-corrected chi connectivity index (χ0v) is 10.6. The van der Waals surface area contributed by atoms with Crippen molar-refractivity contribution in [3.63, 3.8) is 0 Å². The van der Waals surface area contributed by atoms with Crippen molar-refractivity contribution in [1.29, 1.82) is 0 Å². The van der Waals surface area contributed by atoms with Gasteiger partial charge in [-0.25, -0.2) is 9.97 Å². The monoisotopic (exact) mass is 242 g/mol. The molecule has 1 aromatic heterocycles. The van der Waals surface area contributed by atoms with Crippen molar-refractivity contribution in [2.24, 2.45) is 5.41 Å². The number of nitrogens with one attached hydrogen (secondary N) is 1. The Kier molecular flexibility index (Phi) is 4.37. The van der Waals surface area contributed by atoms with Crippen LogP contribution in [0.15, 0.2) is 11.2 Å². The first-order valence-electron chi connectivity index (χ1n) is 5.00. The van der Waals surface area contributed by atoms with E-state index in [0.717, 1.165) is 0 Å². The maximum absolute atomic E-state index is 9.13. The van der Waals surface area contributed by atoms with Gasteiger partial charge in [-0.3, -0.25) is 0 Å². The number of aromatic nitrogens is 2. The van der Waals surface area contributed by atoms with Gasteiger partial charge < -0.3 is 16.2 Å². The van der Waals surface area contributed by atoms with Crippen molar-refractivity contribution >= 4 is 23.4 Å². The fraction of sp³-hybridized carbons (Fsp3) is 0.600. The molecule has 1 heterocycles. The molecule has 0 unspecified atom stereocenters. The predicted octanol–water partition coefficient (Wildman–Crippen LogP) is 1.21. The molecule has 90 valence electrons. The molecule has 1 rings (SSSR count). The van der Waals surface area contributed by atoms with Crippen LogP contribution in [0.1, 0.15) is 13.8 Å². The van der Waals surface area contributed by atoms with E-state index >= 15 is 0 Å². The lowest BCUT2D eigenvalue weighted by molar-refractivity contribution is 0.170. The fourth-order valence-electron chi connectivity index (χ4n) is 1.01. The van der Waals surface area contributed by atoms with Gasteiger partial charge in [-0.05, 0) is 6.26 Å². The summed E-state index contributed by atoms with van der Waals surface area (Å²) in [5, 5.41) is 12.9. The molecule has 5 nitrogen and oxygen atoms in total. The van der Waals surface area contributed by atoms with Gasteiger partial charge in [0.1, 0.15) is 11.6 Å². The summed E-state index contributed by atoms with van der Waals surface area (Å²) < 4.78 is 0. The van der Waals surface area contributed by atoms with Crippen LogP contribution < -0.4 is 11.1 Å². The molecule has 0 radical (unpaired) electrons. The van der Waals surface area contributed by atoms with Gasteiger partial charge >= 0.3 is 0 Å². The number of anilines is 2. The van der Waals surface area contributed by atoms with Gasteiger partial charge in [-0.15, -0.1) is 0 Å². The van der Waals surface area contributed by atoms with Gasteiger partial charge in [-0.1, -0.05) is 25.6 Å². The first-order valence-corrected chi connectivity index (χ1v) is 6.22. The summed E-state index contributed by atoms with van der Waals surface area (Å²) in [6.45, 7) is 4.70. The van der Waals surface area contributed by atoms with Gasteiger partial charge in [0.2, 0.25) is 0 Å². The summed E-state index contributed by atoms with van der Waals surface area (Å²) in [4.78, 5) is 8.33. The molecule has 0 atom stereocenters. The fourth-order valence-corrected chi connectivity index (χ4v) is 1.40. The van der Waals surface area contributed by atoms with Gasteiger partial charge in [-0.2, -0.15) is 0 Å². The number of thioether (sulfide) groups is 1. The highest BCUT2D eigenvalue weighted by Gasteiger charge is 2.16. The number of nitrogens with two attached hydrogens (primary N) is 1. The third-order valence-corrected chi connectivity index (χ3v) is 2.63. The smallest absolute Gasteiger partial charge is 0.191 e. The van der Waals surface area contributed by atoms with E-state index in [1.165, 1.54) is 11.8 Å². The summed E-state index contributed by atoms with van der Waals surface area (Å²) in [5.41, 5.74) is 5.47. The van der Waals surface area contributed by atoms with E-state index in [0.29, 0.717) is 23.3 Å². The van der Waals surface area contributed by atoms with Crippen molar-refractivity contribution < 1.29 is 5.11 Å². The highest BCUT2D eigenvalue weighted by atomic mass is 32.2. The molecule has 0 aliphatic carbocycles. The lowest BCUT2D eigenvalue weighted by Gasteiger charge is -2.22. The molecule has 0 aliphatic heterocycles. The largest absolute Gasteiger partial charge is 0.396 e. The summed E-state index contributed by atoms with van der Waals surface area (Å²) in [5.74, 6) is 1.14. The normalized spacial score (nSPS) is 11.5. The molecular formula is C10H18N4OS. The van der Waals surface area contributed by atoms with Crippen LogP contribution in [0.25, 0.3) is 0 Å². The molecule has 0 spiro atoms. The average molecular weight is 242 g/mol. The molecule has 0 aromatic carbocycles. The Morgan fingerprint density at radius 1 is 1.50 bits per heavy atom. The first kappa shape index (κ1) is 13.1. The number of aliphatic hydroxyl groups excluding tert-OH is 1. The van der Waals surface area contributed by atoms with Crippen LogP contribution >= 0.6 is 11.8 Å². The van der Waals surface area contributed by atoms with Crippen LogP contribution in [-0.2, 0) is 0 Å². The number of rotatable bonds is 5. The van der Waals surface area contributed by atoms with Crippen LogP contribution in [-0.4, -0.2) is 34.5 Å². The maximum atomic E-state index is 9.13. The van der Waals surface area contributed by atoms with Gasteiger partial charge in [0, 0.05) is 24.6 Å². The molecule has 0 bridgehead atoms. The summed E-state index contributed by atoms with van der Waals surface area (Å²) >= 11 is 1.44. The van der Waals surface area contributed by atoms with Crippen molar-refractivity contribution in [2.75, 3.05) is 30.5 Å². The third-order valence-electron chi connectivity index (χ3n) is 2.08. The Hall–Kier alpha value is -1.01. The number of aliphatic hydroxyl groups is 1. The SMILES string of the molecule is CSc1nc(N)cc(NCC(C)(C)CO)n1. The quantitative estimate of drug-likeness (QED) is 0.531. The number of nitrogen functional groups attached to an aromatic ring is 1.